The number of imidazole rings is 1. The van der Waals surface area contributed by atoms with E-state index < -0.39 is 5.97 Å². The van der Waals surface area contributed by atoms with Gasteiger partial charge in [-0.15, -0.1) is 0 Å². The monoisotopic (exact) mass is 276 g/mol. The maximum Gasteiger partial charge on any atom is 0.308 e. The van der Waals surface area contributed by atoms with Gasteiger partial charge in [-0.05, 0) is 45.4 Å². The van der Waals surface area contributed by atoms with Gasteiger partial charge in [-0.1, -0.05) is 19.3 Å². The normalized spacial score (nSPS) is 26.9. The lowest BCUT2D eigenvalue weighted by Crippen LogP contribution is -2.28. The van der Waals surface area contributed by atoms with Crippen LogP contribution in [-0.4, -0.2) is 20.6 Å². The molecule has 0 aliphatic heterocycles. The van der Waals surface area contributed by atoms with Crippen molar-refractivity contribution in [3.8, 4) is 0 Å². The summed E-state index contributed by atoms with van der Waals surface area (Å²) >= 11 is 0. The summed E-state index contributed by atoms with van der Waals surface area (Å²) < 4.78 is 2.29. The summed E-state index contributed by atoms with van der Waals surface area (Å²) in [7, 11) is 0. The minimum atomic E-state index is -0.630. The van der Waals surface area contributed by atoms with Crippen LogP contribution in [0.3, 0.4) is 0 Å². The molecule has 0 aromatic carbocycles. The molecule has 1 aromatic rings. The average molecular weight is 276 g/mol. The molecule has 1 fully saturated rings. The first-order chi connectivity index (χ1) is 9.68. The van der Waals surface area contributed by atoms with E-state index in [9.17, 15) is 9.90 Å². The molecule has 1 aromatic heterocycles. The van der Waals surface area contributed by atoms with Crippen molar-refractivity contribution in [1.29, 1.82) is 0 Å². The van der Waals surface area contributed by atoms with Gasteiger partial charge in [0.15, 0.2) is 0 Å². The van der Waals surface area contributed by atoms with E-state index in [2.05, 4.69) is 4.57 Å². The highest BCUT2D eigenvalue weighted by molar-refractivity contribution is 5.70. The first-order valence-electron chi connectivity index (χ1n) is 7.98. The first kappa shape index (κ1) is 13.7. The third-order valence-corrected chi connectivity index (χ3v) is 4.97. The fraction of sp³-hybridized carbons (Fsp3) is 0.750. The minimum Gasteiger partial charge on any atom is -0.481 e. The van der Waals surface area contributed by atoms with Gasteiger partial charge in [0.2, 0.25) is 0 Å². The number of aryl methyl sites for hydroxylation is 2. The zero-order chi connectivity index (χ0) is 14.1. The number of carbonyl (C=O) groups is 1. The molecule has 2 aliphatic carbocycles. The van der Waals surface area contributed by atoms with Crippen molar-refractivity contribution >= 4 is 5.97 Å². The van der Waals surface area contributed by atoms with Crippen molar-refractivity contribution in [1.82, 2.24) is 9.55 Å². The molecule has 2 atom stereocenters. The predicted molar refractivity (Wildman–Crippen MR) is 76.9 cm³/mol. The molecule has 0 amide bonds. The molecule has 1 heterocycles. The molecule has 3 rings (SSSR count). The van der Waals surface area contributed by atoms with Crippen LogP contribution in [-0.2, 0) is 17.6 Å². The Balaban J connectivity index is 2.00. The van der Waals surface area contributed by atoms with Crippen molar-refractivity contribution in [2.24, 2.45) is 5.92 Å². The van der Waals surface area contributed by atoms with Gasteiger partial charge < -0.3 is 9.67 Å². The lowest BCUT2D eigenvalue weighted by atomic mass is 9.93. The van der Waals surface area contributed by atoms with Crippen LogP contribution in [0.15, 0.2) is 0 Å². The Morgan fingerprint density at radius 2 is 1.90 bits per heavy atom. The van der Waals surface area contributed by atoms with Crippen LogP contribution < -0.4 is 0 Å². The molecule has 2 aliphatic rings. The molecule has 110 valence electrons. The first-order valence-corrected chi connectivity index (χ1v) is 7.98. The molecule has 4 nitrogen and oxygen atoms in total. The van der Waals surface area contributed by atoms with E-state index in [1.54, 1.807) is 0 Å². The number of hydrogen-bond acceptors (Lipinski definition) is 2. The summed E-state index contributed by atoms with van der Waals surface area (Å²) in [6.07, 6.45) is 9.71. The Labute approximate surface area is 120 Å². The van der Waals surface area contributed by atoms with Gasteiger partial charge in [-0.3, -0.25) is 4.79 Å². The summed E-state index contributed by atoms with van der Waals surface area (Å²) in [6.45, 7) is 2.04. The summed E-state index contributed by atoms with van der Waals surface area (Å²) in [5, 5.41) is 9.59. The largest absolute Gasteiger partial charge is 0.481 e. The van der Waals surface area contributed by atoms with Crippen molar-refractivity contribution in [3.63, 3.8) is 0 Å². The number of nitrogens with zero attached hydrogens (tertiary/aromatic N) is 2. The van der Waals surface area contributed by atoms with Crippen LogP contribution >= 0.6 is 0 Å². The van der Waals surface area contributed by atoms with E-state index in [-0.39, 0.29) is 12.0 Å². The molecule has 2 unspecified atom stereocenters. The van der Waals surface area contributed by atoms with Crippen LogP contribution in [0.5, 0.6) is 0 Å². The highest BCUT2D eigenvalue weighted by Crippen LogP contribution is 2.36. The number of carboxylic acids is 1. The number of aromatic nitrogens is 2. The van der Waals surface area contributed by atoms with Gasteiger partial charge in [-0.25, -0.2) is 4.98 Å². The van der Waals surface area contributed by atoms with Crippen molar-refractivity contribution in [3.05, 3.63) is 17.2 Å². The Hall–Kier alpha value is -1.32. The average Bonchev–Trinajstić information content (AvgIpc) is 2.61. The van der Waals surface area contributed by atoms with Crippen LogP contribution in [0.25, 0.3) is 0 Å². The second-order valence-electron chi connectivity index (χ2n) is 6.28. The Bertz CT molecular complexity index is 507. The second-order valence-corrected chi connectivity index (χ2v) is 6.28. The van der Waals surface area contributed by atoms with E-state index in [0.29, 0.717) is 0 Å². The van der Waals surface area contributed by atoms with Gasteiger partial charge in [-0.2, -0.15) is 0 Å². The minimum absolute atomic E-state index is 0.115. The SMILES string of the molecule is Cc1nc2c(n1C1CCCCCC1C(=O)O)CCCC2. The van der Waals surface area contributed by atoms with Gasteiger partial charge in [0, 0.05) is 11.7 Å². The molecule has 20 heavy (non-hydrogen) atoms. The van der Waals surface area contributed by atoms with Gasteiger partial charge >= 0.3 is 5.97 Å². The maximum atomic E-state index is 11.7. The fourth-order valence-electron chi connectivity index (χ4n) is 4.02. The molecule has 0 radical (unpaired) electrons. The standard InChI is InChI=1S/C16H24N2O2/c1-11-17-13-8-5-6-10-15(13)18(11)14-9-4-2-3-7-12(14)16(19)20/h12,14H,2-10H2,1H3,(H,19,20). The van der Waals surface area contributed by atoms with Crippen molar-refractivity contribution < 1.29 is 9.90 Å². The highest BCUT2D eigenvalue weighted by atomic mass is 16.4. The van der Waals surface area contributed by atoms with Gasteiger partial charge in [0.25, 0.3) is 0 Å². The fourth-order valence-corrected chi connectivity index (χ4v) is 4.02. The van der Waals surface area contributed by atoms with E-state index in [0.717, 1.165) is 50.8 Å². The predicted octanol–water partition coefficient (Wildman–Crippen LogP) is 3.28. The summed E-state index contributed by atoms with van der Waals surface area (Å²) in [5.74, 6) is 0.154. The molecule has 1 saturated carbocycles. The number of carboxylic acid groups (broad SMARTS) is 1. The molecule has 4 heteroatoms. The topological polar surface area (TPSA) is 55.1 Å². The molecular weight excluding hydrogens is 252 g/mol. The molecule has 1 N–H and O–H groups in total. The van der Waals surface area contributed by atoms with Crippen LogP contribution in [0.2, 0.25) is 0 Å². The lowest BCUT2D eigenvalue weighted by molar-refractivity contribution is -0.143. The Morgan fingerprint density at radius 3 is 2.70 bits per heavy atom. The van der Waals surface area contributed by atoms with E-state index in [1.165, 1.54) is 24.2 Å². The summed E-state index contributed by atoms with van der Waals surface area (Å²) in [4.78, 5) is 16.4. The number of aliphatic carboxylic acids is 1. The molecule has 0 saturated heterocycles. The lowest BCUT2D eigenvalue weighted by Gasteiger charge is -2.27. The zero-order valence-electron chi connectivity index (χ0n) is 12.3. The highest BCUT2D eigenvalue weighted by Gasteiger charge is 2.34. The zero-order valence-corrected chi connectivity index (χ0v) is 12.3. The smallest absolute Gasteiger partial charge is 0.308 e. The second kappa shape index (κ2) is 5.58. The quantitative estimate of drug-likeness (QED) is 0.843. The summed E-state index contributed by atoms with van der Waals surface area (Å²) in [6, 6.07) is 0.115. The van der Waals surface area contributed by atoms with Crippen LogP contribution in [0, 0.1) is 12.8 Å². The number of fused-ring (bicyclic) bond motifs is 1. The van der Waals surface area contributed by atoms with Crippen LogP contribution in [0.4, 0.5) is 0 Å². The van der Waals surface area contributed by atoms with Crippen molar-refractivity contribution in [2.75, 3.05) is 0 Å². The van der Waals surface area contributed by atoms with Gasteiger partial charge in [0.1, 0.15) is 5.82 Å². The van der Waals surface area contributed by atoms with E-state index in [4.69, 9.17) is 4.98 Å². The third-order valence-electron chi connectivity index (χ3n) is 4.97. The van der Waals surface area contributed by atoms with Crippen molar-refractivity contribution in [2.45, 2.75) is 70.8 Å². The molecular formula is C16H24N2O2. The molecule has 0 bridgehead atoms. The third kappa shape index (κ3) is 2.36. The van der Waals surface area contributed by atoms with E-state index in [1.807, 2.05) is 6.92 Å². The van der Waals surface area contributed by atoms with E-state index >= 15 is 0 Å². The Kier molecular flexibility index (Phi) is 3.81. The number of hydrogen-bond donors (Lipinski definition) is 1. The number of rotatable bonds is 2. The van der Waals surface area contributed by atoms with Crippen LogP contribution in [0.1, 0.15) is 68.2 Å². The molecule has 0 spiro atoms. The Morgan fingerprint density at radius 1 is 1.15 bits per heavy atom. The van der Waals surface area contributed by atoms with Gasteiger partial charge in [0.05, 0.1) is 11.6 Å². The maximum absolute atomic E-state index is 11.7. The summed E-state index contributed by atoms with van der Waals surface area (Å²) in [5.41, 5.74) is 2.55.